The smallest absolute Gasteiger partial charge is 0.339 e. The molecule has 0 aliphatic rings. The van der Waals surface area contributed by atoms with Gasteiger partial charge in [-0.05, 0) is 30.7 Å². The van der Waals surface area contributed by atoms with Crippen molar-refractivity contribution in [2.24, 2.45) is 0 Å². The fraction of sp³-hybridized carbons (Fsp3) is 0.143. The molecular weight excluding hydrogens is 278 g/mol. The largest absolute Gasteiger partial charge is 0.478 e. The van der Waals surface area contributed by atoms with Crippen molar-refractivity contribution in [3.8, 4) is 0 Å². The van der Waals surface area contributed by atoms with Crippen LogP contribution in [-0.2, 0) is 0 Å². The molecule has 0 saturated heterocycles. The highest BCUT2D eigenvalue weighted by molar-refractivity contribution is 6.30. The number of carboxylic acid groups (broad SMARTS) is 1. The number of nitrogens with two attached hydrogens (primary N) is 1. The minimum atomic E-state index is -1.07. The monoisotopic (exact) mass is 291 g/mol. The number of anilines is 2. The number of hydrogen-bond donors (Lipinski definition) is 3. The predicted octanol–water partition coefficient (Wildman–Crippen LogP) is 3.19. The molecule has 0 spiro atoms. The van der Waals surface area contributed by atoms with Crippen LogP contribution in [0.1, 0.15) is 28.9 Å². The van der Waals surface area contributed by atoms with E-state index in [2.05, 4.69) is 10.3 Å². The van der Waals surface area contributed by atoms with E-state index in [1.165, 1.54) is 12.3 Å². The molecule has 1 aromatic heterocycles. The molecule has 0 radical (unpaired) electrons. The lowest BCUT2D eigenvalue weighted by molar-refractivity contribution is 0.0697. The maximum Gasteiger partial charge on any atom is 0.339 e. The molecule has 1 atom stereocenters. The van der Waals surface area contributed by atoms with E-state index in [4.69, 9.17) is 22.4 Å². The van der Waals surface area contributed by atoms with Crippen molar-refractivity contribution in [3.05, 3.63) is 52.7 Å². The van der Waals surface area contributed by atoms with Crippen molar-refractivity contribution < 1.29 is 9.90 Å². The van der Waals surface area contributed by atoms with E-state index in [0.717, 1.165) is 5.56 Å². The summed E-state index contributed by atoms with van der Waals surface area (Å²) >= 11 is 5.84. The number of halogens is 1. The van der Waals surface area contributed by atoms with Gasteiger partial charge in [0.25, 0.3) is 0 Å². The number of pyridine rings is 1. The molecule has 2 aromatic rings. The highest BCUT2D eigenvalue weighted by Gasteiger charge is 2.14. The SMILES string of the molecule is CC(Nc1ncc(N)cc1C(=O)O)c1ccc(Cl)cc1. The first-order valence-electron chi connectivity index (χ1n) is 5.98. The van der Waals surface area contributed by atoms with Gasteiger partial charge < -0.3 is 16.2 Å². The molecule has 0 aliphatic carbocycles. The Morgan fingerprint density at radius 1 is 1.40 bits per heavy atom. The summed E-state index contributed by atoms with van der Waals surface area (Å²) in [6, 6.07) is 8.58. The van der Waals surface area contributed by atoms with Gasteiger partial charge in [-0.2, -0.15) is 0 Å². The summed E-state index contributed by atoms with van der Waals surface area (Å²) < 4.78 is 0. The number of rotatable bonds is 4. The molecule has 104 valence electrons. The maximum atomic E-state index is 11.2. The van der Waals surface area contributed by atoms with Crippen LogP contribution in [-0.4, -0.2) is 16.1 Å². The van der Waals surface area contributed by atoms with Crippen LogP contribution in [0.3, 0.4) is 0 Å². The zero-order valence-corrected chi connectivity index (χ0v) is 11.6. The molecule has 1 heterocycles. The highest BCUT2D eigenvalue weighted by Crippen LogP contribution is 2.23. The van der Waals surface area contributed by atoms with Gasteiger partial charge in [-0.15, -0.1) is 0 Å². The second kappa shape index (κ2) is 5.79. The van der Waals surface area contributed by atoms with Gasteiger partial charge in [0.2, 0.25) is 0 Å². The van der Waals surface area contributed by atoms with Gasteiger partial charge in [-0.25, -0.2) is 9.78 Å². The van der Waals surface area contributed by atoms with Crippen LogP contribution in [0.5, 0.6) is 0 Å². The lowest BCUT2D eigenvalue weighted by Crippen LogP contribution is -2.12. The highest BCUT2D eigenvalue weighted by atomic mass is 35.5. The van der Waals surface area contributed by atoms with E-state index in [-0.39, 0.29) is 17.4 Å². The number of benzene rings is 1. The second-order valence-electron chi connectivity index (χ2n) is 4.39. The van der Waals surface area contributed by atoms with Gasteiger partial charge >= 0.3 is 5.97 Å². The Morgan fingerprint density at radius 3 is 2.65 bits per heavy atom. The Balaban J connectivity index is 2.25. The average molecular weight is 292 g/mol. The topological polar surface area (TPSA) is 88.2 Å². The Labute approximate surface area is 121 Å². The number of nitrogen functional groups attached to an aromatic ring is 1. The third kappa shape index (κ3) is 3.19. The summed E-state index contributed by atoms with van der Waals surface area (Å²) in [5.74, 6) is -0.787. The van der Waals surface area contributed by atoms with E-state index in [1.54, 1.807) is 12.1 Å². The molecule has 0 aliphatic heterocycles. The molecule has 6 heteroatoms. The van der Waals surface area contributed by atoms with E-state index >= 15 is 0 Å². The van der Waals surface area contributed by atoms with Crippen LogP contribution >= 0.6 is 11.6 Å². The second-order valence-corrected chi connectivity index (χ2v) is 4.82. The minimum Gasteiger partial charge on any atom is -0.478 e. The Bertz CT molecular complexity index is 629. The molecule has 0 amide bonds. The third-order valence-corrected chi connectivity index (χ3v) is 3.11. The Hall–Kier alpha value is -2.27. The van der Waals surface area contributed by atoms with Crippen LogP contribution < -0.4 is 11.1 Å². The fourth-order valence-electron chi connectivity index (χ4n) is 1.80. The lowest BCUT2D eigenvalue weighted by Gasteiger charge is -2.16. The Morgan fingerprint density at radius 2 is 2.05 bits per heavy atom. The molecule has 1 aromatic carbocycles. The van der Waals surface area contributed by atoms with Gasteiger partial charge in [-0.3, -0.25) is 0 Å². The Kier molecular flexibility index (Phi) is 4.10. The fourth-order valence-corrected chi connectivity index (χ4v) is 1.92. The zero-order chi connectivity index (χ0) is 14.7. The molecule has 2 rings (SSSR count). The summed E-state index contributed by atoms with van der Waals surface area (Å²) in [6.07, 6.45) is 1.42. The van der Waals surface area contributed by atoms with Crippen molar-refractivity contribution in [3.63, 3.8) is 0 Å². The molecule has 0 saturated carbocycles. The molecular formula is C14H14ClN3O2. The van der Waals surface area contributed by atoms with Crippen LogP contribution in [0, 0.1) is 0 Å². The molecule has 4 N–H and O–H groups in total. The number of carboxylic acids is 1. The first-order valence-corrected chi connectivity index (χ1v) is 6.36. The standard InChI is InChI=1S/C14H14ClN3O2/c1-8(9-2-4-10(15)5-3-9)18-13-12(14(19)20)6-11(16)7-17-13/h2-8H,16H2,1H3,(H,17,18)(H,19,20). The molecule has 20 heavy (non-hydrogen) atoms. The van der Waals surface area contributed by atoms with E-state index in [0.29, 0.717) is 10.7 Å². The quantitative estimate of drug-likeness (QED) is 0.805. The maximum absolute atomic E-state index is 11.2. The number of nitrogens with one attached hydrogen (secondary N) is 1. The predicted molar refractivity (Wildman–Crippen MR) is 79.1 cm³/mol. The number of aromatic nitrogens is 1. The number of aromatic carboxylic acids is 1. The third-order valence-electron chi connectivity index (χ3n) is 2.86. The summed E-state index contributed by atoms with van der Waals surface area (Å²) in [7, 11) is 0. The van der Waals surface area contributed by atoms with Crippen LogP contribution in [0.15, 0.2) is 36.5 Å². The molecule has 0 bridgehead atoms. The van der Waals surface area contributed by atoms with Crippen molar-refractivity contribution in [1.82, 2.24) is 4.98 Å². The van der Waals surface area contributed by atoms with Crippen LogP contribution in [0.4, 0.5) is 11.5 Å². The van der Waals surface area contributed by atoms with Crippen molar-refractivity contribution in [1.29, 1.82) is 0 Å². The average Bonchev–Trinajstić information content (AvgIpc) is 2.41. The van der Waals surface area contributed by atoms with Gasteiger partial charge in [-0.1, -0.05) is 23.7 Å². The van der Waals surface area contributed by atoms with Crippen molar-refractivity contribution in [2.75, 3.05) is 11.1 Å². The van der Waals surface area contributed by atoms with E-state index < -0.39 is 5.97 Å². The summed E-state index contributed by atoms with van der Waals surface area (Å²) in [6.45, 7) is 1.91. The number of hydrogen-bond acceptors (Lipinski definition) is 4. The summed E-state index contributed by atoms with van der Waals surface area (Å²) in [5, 5.41) is 12.9. The molecule has 1 unspecified atom stereocenters. The summed E-state index contributed by atoms with van der Waals surface area (Å²) in [5.41, 5.74) is 6.89. The molecule has 5 nitrogen and oxygen atoms in total. The first kappa shape index (κ1) is 14.1. The van der Waals surface area contributed by atoms with Crippen molar-refractivity contribution >= 4 is 29.1 Å². The first-order chi connectivity index (χ1) is 9.47. The minimum absolute atomic E-state index is 0.0470. The van der Waals surface area contributed by atoms with Gasteiger partial charge in [0.15, 0.2) is 0 Å². The van der Waals surface area contributed by atoms with Crippen LogP contribution in [0.25, 0.3) is 0 Å². The van der Waals surface area contributed by atoms with Gasteiger partial charge in [0.1, 0.15) is 11.4 Å². The van der Waals surface area contributed by atoms with Gasteiger partial charge in [0, 0.05) is 11.1 Å². The van der Waals surface area contributed by atoms with Gasteiger partial charge in [0.05, 0.1) is 11.9 Å². The zero-order valence-electron chi connectivity index (χ0n) is 10.8. The summed E-state index contributed by atoms with van der Waals surface area (Å²) in [4.78, 5) is 15.2. The lowest BCUT2D eigenvalue weighted by atomic mass is 10.1. The van der Waals surface area contributed by atoms with Crippen molar-refractivity contribution in [2.45, 2.75) is 13.0 Å². The van der Waals surface area contributed by atoms with Crippen LogP contribution in [0.2, 0.25) is 5.02 Å². The molecule has 0 fully saturated rings. The number of nitrogens with zero attached hydrogens (tertiary/aromatic N) is 1. The normalized spacial score (nSPS) is 11.9. The van der Waals surface area contributed by atoms with E-state index in [1.807, 2.05) is 19.1 Å². The number of carbonyl (C=O) groups is 1. The van der Waals surface area contributed by atoms with E-state index in [9.17, 15) is 4.79 Å².